The SMILES string of the molecule is O=C(c1ccc2c(c1)NNN2)N1C[C@@H]2C3CN(C(=O)c4ccc(OCC(F)(F)F)cn4)CC3[C@@H]2C1.[HH].[HH]. The van der Waals surface area contributed by atoms with Gasteiger partial charge in [-0.1, -0.05) is 0 Å². The van der Waals surface area contributed by atoms with Gasteiger partial charge in [-0.3, -0.25) is 9.59 Å². The number of amides is 2. The summed E-state index contributed by atoms with van der Waals surface area (Å²) in [6.45, 7) is 1.15. The number of pyridine rings is 1. The number of carbonyl (C=O) groups is 2. The number of alkyl halides is 3. The Morgan fingerprint density at radius 2 is 1.57 bits per heavy atom. The van der Waals surface area contributed by atoms with Crippen molar-refractivity contribution in [3.63, 3.8) is 0 Å². The van der Waals surface area contributed by atoms with Gasteiger partial charge in [0.2, 0.25) is 0 Å². The molecule has 4 atom stereocenters. The number of ether oxygens (including phenoxy) is 1. The van der Waals surface area contributed by atoms with Gasteiger partial charge in [-0.05, 0) is 54.0 Å². The van der Waals surface area contributed by atoms with E-state index in [1.165, 1.54) is 12.1 Å². The van der Waals surface area contributed by atoms with E-state index in [0.29, 0.717) is 55.4 Å². The molecule has 188 valence electrons. The lowest BCUT2D eigenvalue weighted by Crippen LogP contribution is -2.44. The highest BCUT2D eigenvalue weighted by Crippen LogP contribution is 2.54. The van der Waals surface area contributed by atoms with Crippen LogP contribution < -0.4 is 21.1 Å². The van der Waals surface area contributed by atoms with Crippen LogP contribution in [-0.2, 0) is 0 Å². The number of hydrazine groups is 2. The Kier molecular flexibility index (Phi) is 5.02. The van der Waals surface area contributed by atoms with Crippen LogP contribution >= 0.6 is 0 Å². The van der Waals surface area contributed by atoms with Crippen LogP contribution in [0.3, 0.4) is 0 Å². The van der Waals surface area contributed by atoms with Crippen molar-refractivity contribution in [2.75, 3.05) is 43.6 Å². The van der Waals surface area contributed by atoms with Gasteiger partial charge in [0.25, 0.3) is 11.8 Å². The summed E-state index contributed by atoms with van der Waals surface area (Å²) in [5.41, 5.74) is 11.3. The van der Waals surface area contributed by atoms with Crippen LogP contribution in [0.5, 0.6) is 5.75 Å². The molecule has 6 rings (SSSR count). The number of nitrogens with one attached hydrogen (secondary N) is 3. The normalized spacial score (nSPS) is 26.3. The van der Waals surface area contributed by atoms with Crippen LogP contribution in [-0.4, -0.2) is 65.6 Å². The van der Waals surface area contributed by atoms with Crippen molar-refractivity contribution in [2.24, 2.45) is 23.7 Å². The zero-order valence-electron chi connectivity index (χ0n) is 18.5. The fraction of sp³-hybridized carbons (Fsp3) is 0.435. The third-order valence-corrected chi connectivity index (χ3v) is 7.52. The summed E-state index contributed by atoms with van der Waals surface area (Å²) in [6.07, 6.45) is -3.29. The summed E-state index contributed by atoms with van der Waals surface area (Å²) in [7, 11) is 0. The number of halogens is 3. The third-order valence-electron chi connectivity index (χ3n) is 7.52. The zero-order valence-corrected chi connectivity index (χ0v) is 18.5. The van der Waals surface area contributed by atoms with Crippen LogP contribution in [0.2, 0.25) is 0 Å². The van der Waals surface area contributed by atoms with Crippen molar-refractivity contribution in [3.8, 4) is 5.75 Å². The molecule has 4 aliphatic rings. The molecule has 35 heavy (non-hydrogen) atoms. The molecule has 0 bridgehead atoms. The molecule has 1 aromatic carbocycles. The van der Waals surface area contributed by atoms with Crippen molar-refractivity contribution in [2.45, 2.75) is 6.18 Å². The number of hydrogen-bond acceptors (Lipinski definition) is 7. The van der Waals surface area contributed by atoms with E-state index in [2.05, 4.69) is 26.1 Å². The number of hydrogen-bond donors (Lipinski definition) is 3. The number of rotatable bonds is 4. The van der Waals surface area contributed by atoms with Crippen LogP contribution in [0.4, 0.5) is 24.5 Å². The van der Waals surface area contributed by atoms with Gasteiger partial charge >= 0.3 is 6.18 Å². The van der Waals surface area contributed by atoms with Gasteiger partial charge in [-0.15, -0.1) is 5.53 Å². The smallest absolute Gasteiger partial charge is 0.422 e. The maximum atomic E-state index is 13.1. The Labute approximate surface area is 201 Å². The average molecular weight is 493 g/mol. The summed E-state index contributed by atoms with van der Waals surface area (Å²) in [6, 6.07) is 8.23. The number of aromatic nitrogens is 1. The monoisotopic (exact) mass is 492 g/mol. The minimum absolute atomic E-state index is 0. The number of likely N-dealkylation sites (tertiary alicyclic amines) is 2. The van der Waals surface area contributed by atoms with E-state index in [9.17, 15) is 22.8 Å². The summed E-state index contributed by atoms with van der Waals surface area (Å²) in [4.78, 5) is 33.7. The van der Waals surface area contributed by atoms with Gasteiger partial charge in [0.1, 0.15) is 11.4 Å². The second kappa shape index (κ2) is 8.01. The first-order valence-electron chi connectivity index (χ1n) is 11.4. The topological polar surface area (TPSA) is 98.8 Å². The van der Waals surface area contributed by atoms with Gasteiger partial charge in [-0.2, -0.15) is 13.2 Å². The lowest BCUT2D eigenvalue weighted by atomic mass is 9.60. The summed E-state index contributed by atoms with van der Waals surface area (Å²) < 4.78 is 41.5. The van der Waals surface area contributed by atoms with Gasteiger partial charge in [0, 0.05) is 34.6 Å². The van der Waals surface area contributed by atoms with Gasteiger partial charge in [-0.25, -0.2) is 4.98 Å². The van der Waals surface area contributed by atoms with Gasteiger partial charge < -0.3 is 25.4 Å². The molecule has 1 saturated carbocycles. The van der Waals surface area contributed by atoms with Crippen molar-refractivity contribution >= 4 is 23.2 Å². The van der Waals surface area contributed by atoms with Crippen molar-refractivity contribution in [1.29, 1.82) is 0 Å². The fourth-order valence-corrected chi connectivity index (χ4v) is 5.86. The first-order valence-corrected chi connectivity index (χ1v) is 11.4. The van der Waals surface area contributed by atoms with Crippen molar-refractivity contribution < 1.29 is 30.4 Å². The van der Waals surface area contributed by atoms with E-state index in [4.69, 9.17) is 0 Å². The molecule has 12 heteroatoms. The van der Waals surface area contributed by atoms with Crippen LogP contribution in [0.15, 0.2) is 36.5 Å². The quantitative estimate of drug-likeness (QED) is 0.604. The molecule has 0 spiro atoms. The minimum atomic E-state index is -4.44. The number of nitrogens with zero attached hydrogens (tertiary/aromatic N) is 3. The molecule has 3 N–H and O–H groups in total. The lowest BCUT2D eigenvalue weighted by molar-refractivity contribution is -0.153. The molecular formula is C23H27F3N6O3. The molecule has 1 aromatic heterocycles. The second-order valence-corrected chi connectivity index (χ2v) is 9.49. The second-order valence-electron chi connectivity index (χ2n) is 9.49. The predicted octanol–water partition coefficient (Wildman–Crippen LogP) is 2.86. The lowest BCUT2D eigenvalue weighted by Gasteiger charge is -2.42. The van der Waals surface area contributed by atoms with Crippen LogP contribution in [0.25, 0.3) is 0 Å². The first-order chi connectivity index (χ1) is 16.8. The van der Waals surface area contributed by atoms with Crippen LogP contribution in [0, 0.1) is 23.7 Å². The van der Waals surface area contributed by atoms with E-state index in [1.54, 1.807) is 4.90 Å². The number of anilines is 2. The summed E-state index contributed by atoms with van der Waals surface area (Å²) in [5.74, 6) is 1.15. The summed E-state index contributed by atoms with van der Waals surface area (Å²) >= 11 is 0. The highest BCUT2D eigenvalue weighted by atomic mass is 19.4. The molecule has 2 aromatic rings. The molecule has 3 fully saturated rings. The Balaban J connectivity index is 0.00000160. The van der Waals surface area contributed by atoms with E-state index >= 15 is 0 Å². The standard InChI is InChI=1S/C23H23F3N6O3.2H2/c24-23(25,26)11-35-13-2-4-19(27-6-13)22(34)32-9-16-14-7-31(8-15(14)17(16)10-32)21(33)12-1-3-18-20(5-12)29-30-28-18;;/h1-6,14-17,28-30H,7-11H2;2*1H/t14-,15+,16?,17?;;. The van der Waals surface area contributed by atoms with E-state index < -0.39 is 12.8 Å². The number of benzene rings is 1. The fourth-order valence-electron chi connectivity index (χ4n) is 5.86. The minimum Gasteiger partial charge on any atom is -0.483 e. The molecule has 2 amide bonds. The molecule has 2 unspecified atom stereocenters. The number of carbonyl (C=O) groups excluding carboxylic acids is 2. The maximum absolute atomic E-state index is 13.1. The molecule has 1 aliphatic carbocycles. The van der Waals surface area contributed by atoms with E-state index in [1.807, 2.05) is 23.1 Å². The molecule has 2 saturated heterocycles. The Bertz CT molecular complexity index is 1170. The third kappa shape index (κ3) is 3.91. The Morgan fingerprint density at radius 3 is 2.17 bits per heavy atom. The first kappa shape index (κ1) is 22.0. The molecule has 9 nitrogen and oxygen atoms in total. The highest BCUT2D eigenvalue weighted by molar-refractivity contribution is 5.97. The highest BCUT2D eigenvalue weighted by Gasteiger charge is 2.59. The van der Waals surface area contributed by atoms with E-state index in [-0.39, 0.29) is 26.1 Å². The predicted molar refractivity (Wildman–Crippen MR) is 123 cm³/mol. The summed E-state index contributed by atoms with van der Waals surface area (Å²) in [5, 5.41) is 0. The largest absolute Gasteiger partial charge is 0.483 e. The number of fused-ring (bicyclic) bond motifs is 5. The maximum Gasteiger partial charge on any atom is 0.422 e. The molecule has 0 radical (unpaired) electrons. The van der Waals surface area contributed by atoms with Gasteiger partial charge in [0.05, 0.1) is 17.6 Å². The van der Waals surface area contributed by atoms with Crippen molar-refractivity contribution in [3.05, 3.63) is 47.8 Å². The zero-order chi connectivity index (χ0) is 24.3. The Hall–Kier alpha value is -3.54. The average Bonchev–Trinajstić information content (AvgIpc) is 3.55. The van der Waals surface area contributed by atoms with E-state index in [0.717, 1.165) is 17.6 Å². The Morgan fingerprint density at radius 1 is 0.943 bits per heavy atom. The van der Waals surface area contributed by atoms with Crippen LogP contribution in [0.1, 0.15) is 23.7 Å². The molecule has 4 heterocycles. The molecule has 3 aliphatic heterocycles. The van der Waals surface area contributed by atoms with Gasteiger partial charge in [0.15, 0.2) is 6.61 Å². The van der Waals surface area contributed by atoms with Crippen molar-refractivity contribution in [1.82, 2.24) is 20.3 Å². The molecular weight excluding hydrogens is 465 g/mol.